The molecule has 0 bridgehead atoms. The van der Waals surface area contributed by atoms with Crippen LogP contribution in [-0.4, -0.2) is 38.8 Å². The standard InChI is InChI=1S/C5H12O2.CH2O3/c1-3-5(7)4(2)6;2-1(3)4/h4-7H,3H2,1-2H3;(H2,2,3,4). The number of hydrogen-bond donors (Lipinski definition) is 4. The molecule has 11 heavy (non-hydrogen) atoms. The Morgan fingerprint density at radius 3 is 1.64 bits per heavy atom. The van der Waals surface area contributed by atoms with Crippen molar-refractivity contribution in [3.63, 3.8) is 0 Å². The largest absolute Gasteiger partial charge is 0.503 e. The van der Waals surface area contributed by atoms with Crippen molar-refractivity contribution in [3.8, 4) is 0 Å². The maximum Gasteiger partial charge on any atom is 0.503 e. The molecule has 0 aromatic rings. The van der Waals surface area contributed by atoms with Crippen molar-refractivity contribution in [1.82, 2.24) is 0 Å². The van der Waals surface area contributed by atoms with Crippen LogP contribution in [0.15, 0.2) is 0 Å². The number of aliphatic hydroxyl groups is 2. The number of carbonyl (C=O) groups is 1. The fourth-order valence-electron chi connectivity index (χ4n) is 0.341. The summed E-state index contributed by atoms with van der Waals surface area (Å²) in [4.78, 5) is 8.56. The summed E-state index contributed by atoms with van der Waals surface area (Å²) < 4.78 is 0. The highest BCUT2D eigenvalue weighted by molar-refractivity contribution is 5.53. The van der Waals surface area contributed by atoms with E-state index in [0.29, 0.717) is 6.42 Å². The van der Waals surface area contributed by atoms with Crippen LogP contribution in [-0.2, 0) is 0 Å². The fraction of sp³-hybridized carbons (Fsp3) is 0.833. The minimum Gasteiger partial charge on any atom is -0.450 e. The van der Waals surface area contributed by atoms with Crippen molar-refractivity contribution in [2.75, 3.05) is 0 Å². The van der Waals surface area contributed by atoms with E-state index in [1.54, 1.807) is 6.92 Å². The maximum atomic E-state index is 8.69. The van der Waals surface area contributed by atoms with Crippen LogP contribution < -0.4 is 0 Å². The van der Waals surface area contributed by atoms with E-state index < -0.39 is 18.4 Å². The highest BCUT2D eigenvalue weighted by Gasteiger charge is 2.05. The van der Waals surface area contributed by atoms with Crippen LogP contribution >= 0.6 is 0 Å². The third-order valence-corrected chi connectivity index (χ3v) is 0.975. The molecule has 0 aromatic heterocycles. The van der Waals surface area contributed by atoms with E-state index in [1.165, 1.54) is 0 Å². The van der Waals surface area contributed by atoms with Crippen molar-refractivity contribution in [3.05, 3.63) is 0 Å². The summed E-state index contributed by atoms with van der Waals surface area (Å²) in [5.74, 6) is 0. The van der Waals surface area contributed by atoms with E-state index >= 15 is 0 Å². The molecule has 2 atom stereocenters. The zero-order chi connectivity index (χ0) is 9.44. The van der Waals surface area contributed by atoms with Crippen molar-refractivity contribution in [2.45, 2.75) is 32.5 Å². The van der Waals surface area contributed by atoms with Gasteiger partial charge in [-0.1, -0.05) is 6.92 Å². The lowest BCUT2D eigenvalue weighted by Gasteiger charge is -2.08. The molecule has 0 aliphatic heterocycles. The van der Waals surface area contributed by atoms with E-state index in [0.717, 1.165) is 0 Å². The van der Waals surface area contributed by atoms with Gasteiger partial charge in [-0.25, -0.2) is 4.79 Å². The quantitative estimate of drug-likeness (QED) is 0.474. The first kappa shape index (κ1) is 12.8. The topological polar surface area (TPSA) is 98.0 Å². The lowest BCUT2D eigenvalue weighted by atomic mass is 10.2. The molecule has 0 aliphatic carbocycles. The summed E-state index contributed by atoms with van der Waals surface area (Å²) >= 11 is 0. The second-order valence-corrected chi connectivity index (χ2v) is 2.00. The Balaban J connectivity index is 0. The molecular weight excluding hydrogens is 152 g/mol. The van der Waals surface area contributed by atoms with Crippen LogP contribution in [0.5, 0.6) is 0 Å². The lowest BCUT2D eigenvalue weighted by molar-refractivity contribution is 0.0294. The van der Waals surface area contributed by atoms with Crippen molar-refractivity contribution in [2.24, 2.45) is 0 Å². The molecule has 0 amide bonds. The fourth-order valence-corrected chi connectivity index (χ4v) is 0.341. The zero-order valence-electron chi connectivity index (χ0n) is 6.56. The Hall–Kier alpha value is -0.810. The van der Waals surface area contributed by atoms with Gasteiger partial charge in [-0.3, -0.25) is 0 Å². The van der Waals surface area contributed by atoms with Gasteiger partial charge in [-0.05, 0) is 13.3 Å². The highest BCUT2D eigenvalue weighted by atomic mass is 16.6. The van der Waals surface area contributed by atoms with Crippen molar-refractivity contribution >= 4 is 6.16 Å². The predicted octanol–water partition coefficient (Wildman–Crippen LogP) is 0.360. The molecule has 0 saturated carbocycles. The summed E-state index contributed by atoms with van der Waals surface area (Å²) in [7, 11) is 0. The third kappa shape index (κ3) is 17.6. The van der Waals surface area contributed by atoms with Gasteiger partial charge in [0.25, 0.3) is 0 Å². The van der Waals surface area contributed by atoms with Crippen molar-refractivity contribution in [1.29, 1.82) is 0 Å². The van der Waals surface area contributed by atoms with Gasteiger partial charge in [0.15, 0.2) is 0 Å². The summed E-state index contributed by atoms with van der Waals surface area (Å²) in [6.07, 6.45) is -2.33. The summed E-state index contributed by atoms with van der Waals surface area (Å²) in [5.41, 5.74) is 0. The summed E-state index contributed by atoms with van der Waals surface area (Å²) in [5, 5.41) is 31.2. The third-order valence-electron chi connectivity index (χ3n) is 0.975. The van der Waals surface area contributed by atoms with E-state index in [2.05, 4.69) is 0 Å². The summed E-state index contributed by atoms with van der Waals surface area (Å²) in [6.45, 7) is 3.41. The Kier molecular flexibility index (Phi) is 8.51. The lowest BCUT2D eigenvalue weighted by Crippen LogP contribution is -2.20. The highest BCUT2D eigenvalue weighted by Crippen LogP contribution is 1.94. The summed E-state index contributed by atoms with van der Waals surface area (Å²) in [6, 6.07) is 0. The van der Waals surface area contributed by atoms with Gasteiger partial charge in [0.2, 0.25) is 0 Å². The van der Waals surface area contributed by atoms with E-state index in [9.17, 15) is 0 Å². The molecule has 0 aliphatic rings. The molecule has 0 saturated heterocycles. The Morgan fingerprint density at radius 1 is 1.36 bits per heavy atom. The number of carboxylic acid groups (broad SMARTS) is 2. The molecule has 68 valence electrons. The molecule has 2 unspecified atom stereocenters. The average Bonchev–Trinajstić information content (AvgIpc) is 1.85. The van der Waals surface area contributed by atoms with Gasteiger partial charge in [-0.2, -0.15) is 0 Å². The molecule has 0 spiro atoms. The monoisotopic (exact) mass is 166 g/mol. The molecule has 5 nitrogen and oxygen atoms in total. The van der Waals surface area contributed by atoms with Crippen LogP contribution in [0.2, 0.25) is 0 Å². The molecule has 0 radical (unpaired) electrons. The SMILES string of the molecule is CCC(O)C(C)O.O=C(O)O. The molecule has 0 rings (SSSR count). The van der Waals surface area contributed by atoms with Crippen molar-refractivity contribution < 1.29 is 25.2 Å². The first-order chi connectivity index (χ1) is 4.91. The van der Waals surface area contributed by atoms with Crippen LogP contribution in [0.4, 0.5) is 4.79 Å². The van der Waals surface area contributed by atoms with E-state index in [-0.39, 0.29) is 0 Å². The Labute approximate surface area is 64.9 Å². The number of hydrogen-bond acceptors (Lipinski definition) is 3. The zero-order valence-corrected chi connectivity index (χ0v) is 6.56. The second kappa shape index (κ2) is 7.30. The minimum absolute atomic E-state index is 0.542. The Bertz CT molecular complexity index is 97.1. The van der Waals surface area contributed by atoms with Gasteiger partial charge in [0.1, 0.15) is 0 Å². The first-order valence-electron chi connectivity index (χ1n) is 3.19. The molecule has 5 heteroatoms. The molecule has 0 aromatic carbocycles. The van der Waals surface area contributed by atoms with E-state index in [1.807, 2.05) is 6.92 Å². The van der Waals surface area contributed by atoms with Gasteiger partial charge >= 0.3 is 6.16 Å². The van der Waals surface area contributed by atoms with Crippen LogP contribution in [0.1, 0.15) is 20.3 Å². The second-order valence-electron chi connectivity index (χ2n) is 2.00. The Morgan fingerprint density at radius 2 is 1.64 bits per heavy atom. The van der Waals surface area contributed by atoms with Gasteiger partial charge in [0, 0.05) is 0 Å². The van der Waals surface area contributed by atoms with Crippen LogP contribution in [0.3, 0.4) is 0 Å². The number of aliphatic hydroxyl groups excluding tert-OH is 2. The molecule has 0 heterocycles. The smallest absolute Gasteiger partial charge is 0.450 e. The van der Waals surface area contributed by atoms with Gasteiger partial charge in [-0.15, -0.1) is 0 Å². The van der Waals surface area contributed by atoms with Gasteiger partial charge in [0.05, 0.1) is 12.2 Å². The molecular formula is C6H14O5. The van der Waals surface area contributed by atoms with E-state index in [4.69, 9.17) is 25.2 Å². The van der Waals surface area contributed by atoms with Crippen LogP contribution in [0.25, 0.3) is 0 Å². The number of rotatable bonds is 2. The average molecular weight is 166 g/mol. The normalized spacial score (nSPS) is 14.2. The molecule has 0 fully saturated rings. The van der Waals surface area contributed by atoms with Gasteiger partial charge < -0.3 is 20.4 Å². The molecule has 4 N–H and O–H groups in total. The minimum atomic E-state index is -1.83. The van der Waals surface area contributed by atoms with Crippen LogP contribution in [0, 0.1) is 0 Å². The maximum absolute atomic E-state index is 8.69. The first-order valence-corrected chi connectivity index (χ1v) is 3.19. The predicted molar refractivity (Wildman–Crippen MR) is 38.6 cm³/mol.